The van der Waals surface area contributed by atoms with Crippen molar-refractivity contribution in [2.75, 3.05) is 9.80 Å². The summed E-state index contributed by atoms with van der Waals surface area (Å²) < 4.78 is 4.83. The number of nitrogens with zero attached hydrogens (tertiary/aromatic N) is 4. The summed E-state index contributed by atoms with van der Waals surface area (Å²) in [5.41, 5.74) is 16.1. The minimum atomic E-state index is 1.11. The number of aryl methyl sites for hydroxylation is 2. The summed E-state index contributed by atoms with van der Waals surface area (Å²) in [7, 11) is 0. The SMILES string of the molecule is Cc1ccc(N(c2ccccc2)c2ccc3c4ccccc4n(-c4ccc(-n5c6ccccc6c6ccc(N(c7ccccc7)c7ccc(C)cc7)cc65)cc4)c3c2)cc1. The minimum Gasteiger partial charge on any atom is -0.310 e. The zero-order valence-electron chi connectivity index (χ0n) is 33.6. The lowest BCUT2D eigenvalue weighted by atomic mass is 10.1. The topological polar surface area (TPSA) is 16.3 Å². The zero-order valence-corrected chi connectivity index (χ0v) is 33.6. The second-order valence-corrected chi connectivity index (χ2v) is 15.6. The molecule has 0 atom stereocenters. The molecule has 60 heavy (non-hydrogen) atoms. The normalized spacial score (nSPS) is 11.5. The highest BCUT2D eigenvalue weighted by Crippen LogP contribution is 2.42. The molecule has 0 saturated carbocycles. The quantitative estimate of drug-likeness (QED) is 0.153. The van der Waals surface area contributed by atoms with Crippen LogP contribution in [0.1, 0.15) is 11.1 Å². The molecule has 2 heterocycles. The Labute approximate surface area is 350 Å². The summed E-state index contributed by atoms with van der Waals surface area (Å²) in [5, 5.41) is 4.91. The fraction of sp³-hybridized carbons (Fsp3) is 0.0357. The molecule has 0 aliphatic carbocycles. The van der Waals surface area contributed by atoms with Gasteiger partial charge in [-0.1, -0.05) is 120 Å². The number of benzene rings is 9. The van der Waals surface area contributed by atoms with E-state index in [1.165, 1.54) is 43.7 Å². The van der Waals surface area contributed by atoms with Crippen LogP contribution in [0.3, 0.4) is 0 Å². The van der Waals surface area contributed by atoms with Crippen molar-refractivity contribution < 1.29 is 0 Å². The van der Waals surface area contributed by atoms with E-state index in [0.29, 0.717) is 0 Å². The maximum atomic E-state index is 2.42. The predicted molar refractivity (Wildman–Crippen MR) is 254 cm³/mol. The summed E-state index contributed by atoms with van der Waals surface area (Å²) >= 11 is 0. The first-order chi connectivity index (χ1) is 29.6. The Kier molecular flexibility index (Phi) is 8.56. The van der Waals surface area contributed by atoms with Gasteiger partial charge in [0.2, 0.25) is 0 Å². The molecule has 11 aromatic rings. The van der Waals surface area contributed by atoms with Crippen molar-refractivity contribution in [2.24, 2.45) is 0 Å². The van der Waals surface area contributed by atoms with Gasteiger partial charge < -0.3 is 18.9 Å². The van der Waals surface area contributed by atoms with E-state index in [0.717, 1.165) is 56.5 Å². The third kappa shape index (κ3) is 6.00. The van der Waals surface area contributed by atoms with Gasteiger partial charge in [-0.2, -0.15) is 0 Å². The number of fused-ring (bicyclic) bond motifs is 6. The molecular weight excluding hydrogens is 729 g/mol. The smallest absolute Gasteiger partial charge is 0.0561 e. The Bertz CT molecular complexity index is 3080. The highest BCUT2D eigenvalue weighted by Gasteiger charge is 2.20. The van der Waals surface area contributed by atoms with Crippen molar-refractivity contribution in [1.82, 2.24) is 9.13 Å². The number of rotatable bonds is 8. The molecule has 0 fully saturated rings. The maximum Gasteiger partial charge on any atom is 0.0561 e. The fourth-order valence-electron chi connectivity index (χ4n) is 8.94. The molecular formula is C56H42N4. The number of hydrogen-bond donors (Lipinski definition) is 0. The second-order valence-electron chi connectivity index (χ2n) is 15.6. The Morgan fingerprint density at radius 2 is 0.583 bits per heavy atom. The second kappa shape index (κ2) is 14.5. The van der Waals surface area contributed by atoms with Gasteiger partial charge >= 0.3 is 0 Å². The van der Waals surface area contributed by atoms with E-state index in [4.69, 9.17) is 0 Å². The average Bonchev–Trinajstić information content (AvgIpc) is 3.81. The molecule has 0 spiro atoms. The van der Waals surface area contributed by atoms with Crippen molar-refractivity contribution in [3.8, 4) is 11.4 Å². The van der Waals surface area contributed by atoms with Crippen molar-refractivity contribution >= 4 is 77.7 Å². The van der Waals surface area contributed by atoms with Crippen LogP contribution in [-0.2, 0) is 0 Å². The van der Waals surface area contributed by atoms with Crippen molar-refractivity contribution in [3.05, 3.63) is 230 Å². The molecule has 0 unspecified atom stereocenters. The average molecular weight is 771 g/mol. The zero-order chi connectivity index (χ0) is 40.2. The Hall–Kier alpha value is -7.82. The fourth-order valence-corrected chi connectivity index (χ4v) is 8.94. The third-order valence-corrected chi connectivity index (χ3v) is 11.8. The molecule has 9 aromatic carbocycles. The van der Waals surface area contributed by atoms with Crippen LogP contribution < -0.4 is 9.80 Å². The third-order valence-electron chi connectivity index (χ3n) is 11.8. The number of anilines is 6. The molecule has 4 heteroatoms. The van der Waals surface area contributed by atoms with Gasteiger partial charge in [0.15, 0.2) is 0 Å². The summed E-state index contributed by atoms with van der Waals surface area (Å²) in [6.45, 7) is 4.27. The molecule has 11 rings (SSSR count). The van der Waals surface area contributed by atoms with E-state index in [2.05, 4.69) is 251 Å². The first-order valence-corrected chi connectivity index (χ1v) is 20.6. The molecule has 0 aliphatic rings. The molecule has 0 amide bonds. The monoisotopic (exact) mass is 770 g/mol. The molecule has 4 nitrogen and oxygen atoms in total. The lowest BCUT2D eigenvalue weighted by molar-refractivity contribution is 1.14. The highest BCUT2D eigenvalue weighted by atomic mass is 15.2. The Morgan fingerprint density at radius 1 is 0.267 bits per heavy atom. The van der Waals surface area contributed by atoms with Gasteiger partial charge in [-0.25, -0.2) is 0 Å². The molecule has 0 saturated heterocycles. The summed E-state index contributed by atoms with van der Waals surface area (Å²) in [5.74, 6) is 0. The van der Waals surface area contributed by atoms with Gasteiger partial charge in [-0.15, -0.1) is 0 Å². The van der Waals surface area contributed by atoms with Gasteiger partial charge in [0.1, 0.15) is 0 Å². The van der Waals surface area contributed by atoms with E-state index in [-0.39, 0.29) is 0 Å². The summed E-state index contributed by atoms with van der Waals surface area (Å²) in [4.78, 5) is 4.69. The minimum absolute atomic E-state index is 1.11. The van der Waals surface area contributed by atoms with Crippen LogP contribution in [0.25, 0.3) is 55.0 Å². The van der Waals surface area contributed by atoms with E-state index in [1.54, 1.807) is 0 Å². The molecule has 0 N–H and O–H groups in total. The van der Waals surface area contributed by atoms with Crippen LogP contribution in [-0.4, -0.2) is 9.13 Å². The van der Waals surface area contributed by atoms with Crippen LogP contribution in [0.15, 0.2) is 218 Å². The van der Waals surface area contributed by atoms with Gasteiger partial charge in [-0.3, -0.25) is 0 Å². The molecule has 0 aliphatic heterocycles. The van der Waals surface area contributed by atoms with Crippen LogP contribution in [0, 0.1) is 13.8 Å². The lowest BCUT2D eigenvalue weighted by Crippen LogP contribution is -2.10. The van der Waals surface area contributed by atoms with E-state index in [1.807, 2.05) is 0 Å². The maximum absolute atomic E-state index is 2.42. The van der Waals surface area contributed by atoms with Gasteiger partial charge in [0.05, 0.1) is 22.1 Å². The Morgan fingerprint density at radius 3 is 0.983 bits per heavy atom. The first-order valence-electron chi connectivity index (χ1n) is 20.6. The first kappa shape index (κ1) is 35.4. The van der Waals surface area contributed by atoms with E-state index >= 15 is 0 Å². The van der Waals surface area contributed by atoms with Gasteiger partial charge in [0, 0.05) is 67.0 Å². The van der Waals surface area contributed by atoms with Gasteiger partial charge in [-0.05, 0) is 123 Å². The predicted octanol–water partition coefficient (Wildman–Crippen LogP) is 15.4. The molecule has 0 radical (unpaired) electrons. The molecule has 286 valence electrons. The number of hydrogen-bond acceptors (Lipinski definition) is 2. The standard InChI is InChI=1S/C56H42N4/c1-39-21-25-43(26-22-39)57(41-13-5-3-6-14-41)47-33-35-51-49-17-9-11-19-53(49)59(55(51)37-47)45-29-31-46(32-30-45)60-54-20-12-10-18-50(54)52-36-34-48(38-56(52)60)58(42-15-7-4-8-16-42)44-27-23-40(2)24-28-44/h3-38H,1-2H3. The molecule has 2 aromatic heterocycles. The van der Waals surface area contributed by atoms with Crippen LogP contribution in [0.4, 0.5) is 34.1 Å². The molecule has 0 bridgehead atoms. The summed E-state index contributed by atoms with van der Waals surface area (Å²) in [6, 6.07) is 79.2. The van der Waals surface area contributed by atoms with E-state index < -0.39 is 0 Å². The lowest BCUT2D eigenvalue weighted by Gasteiger charge is -2.26. The highest BCUT2D eigenvalue weighted by molar-refractivity contribution is 6.11. The van der Waals surface area contributed by atoms with Crippen LogP contribution in [0.5, 0.6) is 0 Å². The largest absolute Gasteiger partial charge is 0.310 e. The van der Waals surface area contributed by atoms with Crippen LogP contribution >= 0.6 is 0 Å². The van der Waals surface area contributed by atoms with E-state index in [9.17, 15) is 0 Å². The van der Waals surface area contributed by atoms with Crippen molar-refractivity contribution in [1.29, 1.82) is 0 Å². The number of para-hydroxylation sites is 4. The van der Waals surface area contributed by atoms with Gasteiger partial charge in [0.25, 0.3) is 0 Å². The number of aromatic nitrogens is 2. The summed E-state index contributed by atoms with van der Waals surface area (Å²) in [6.07, 6.45) is 0. The Balaban J connectivity index is 1.06. The van der Waals surface area contributed by atoms with Crippen molar-refractivity contribution in [2.45, 2.75) is 13.8 Å². The van der Waals surface area contributed by atoms with Crippen LogP contribution in [0.2, 0.25) is 0 Å². The van der Waals surface area contributed by atoms with Crippen molar-refractivity contribution in [3.63, 3.8) is 0 Å².